The van der Waals surface area contributed by atoms with Crippen LogP contribution in [0.3, 0.4) is 0 Å². The molecule has 0 aromatic heterocycles. The van der Waals surface area contributed by atoms with E-state index in [2.05, 4.69) is 4.74 Å². The lowest BCUT2D eigenvalue weighted by molar-refractivity contribution is -0.151. The van der Waals surface area contributed by atoms with Crippen molar-refractivity contribution < 1.29 is 19.1 Å². The minimum absolute atomic E-state index is 0.0601. The zero-order valence-electron chi connectivity index (χ0n) is 8.43. The summed E-state index contributed by atoms with van der Waals surface area (Å²) in [5.41, 5.74) is 0. The highest BCUT2D eigenvalue weighted by atomic mass is 32.2. The lowest BCUT2D eigenvalue weighted by Crippen LogP contribution is -2.19. The summed E-state index contributed by atoms with van der Waals surface area (Å²) in [7, 11) is 0. The Morgan fingerprint density at radius 1 is 1.38 bits per heavy atom. The Morgan fingerprint density at radius 3 is 2.62 bits per heavy atom. The molecule has 1 aliphatic heterocycles. The molecule has 1 saturated carbocycles. The maximum Gasteiger partial charge on any atom is 0.327 e. The Balaban J connectivity index is 1.94. The standard InChI is InChI=1S/C10H10O4S2/c11-6-3-1-2-5(6)10(15)16-7-4-8(12)14-9(7)13/h5,7H,1-4H2. The smallest absolute Gasteiger partial charge is 0.327 e. The molecule has 0 bridgehead atoms. The van der Waals surface area contributed by atoms with Crippen LogP contribution in [0.25, 0.3) is 0 Å². The molecule has 1 aliphatic carbocycles. The number of rotatable bonds is 2. The van der Waals surface area contributed by atoms with E-state index in [4.69, 9.17) is 12.2 Å². The molecule has 1 heterocycles. The van der Waals surface area contributed by atoms with E-state index in [0.717, 1.165) is 24.6 Å². The van der Waals surface area contributed by atoms with Gasteiger partial charge in [0.2, 0.25) is 0 Å². The van der Waals surface area contributed by atoms with Crippen LogP contribution < -0.4 is 0 Å². The first-order chi connectivity index (χ1) is 7.58. The van der Waals surface area contributed by atoms with Crippen LogP contribution in [0.2, 0.25) is 0 Å². The van der Waals surface area contributed by atoms with E-state index in [9.17, 15) is 14.4 Å². The third-order valence-corrected chi connectivity index (χ3v) is 4.41. The number of cyclic esters (lactones) is 2. The maximum atomic E-state index is 11.5. The Hall–Kier alpha value is -0.750. The summed E-state index contributed by atoms with van der Waals surface area (Å²) in [6.07, 6.45) is 2.25. The zero-order chi connectivity index (χ0) is 11.7. The second-order valence-electron chi connectivity index (χ2n) is 3.83. The molecule has 0 amide bonds. The second-order valence-corrected chi connectivity index (χ2v) is 5.78. The largest absolute Gasteiger partial charge is 0.392 e. The fourth-order valence-corrected chi connectivity index (χ4v) is 3.49. The molecule has 0 N–H and O–H groups in total. The summed E-state index contributed by atoms with van der Waals surface area (Å²) in [4.78, 5) is 33.5. The molecule has 2 fully saturated rings. The fraction of sp³-hybridized carbons (Fsp3) is 0.600. The quantitative estimate of drug-likeness (QED) is 0.422. The molecule has 6 heteroatoms. The van der Waals surface area contributed by atoms with Gasteiger partial charge in [-0.1, -0.05) is 12.2 Å². The van der Waals surface area contributed by atoms with Crippen molar-refractivity contribution in [1.82, 2.24) is 0 Å². The highest BCUT2D eigenvalue weighted by Gasteiger charge is 2.37. The molecule has 4 nitrogen and oxygen atoms in total. The van der Waals surface area contributed by atoms with E-state index in [1.54, 1.807) is 0 Å². The van der Waals surface area contributed by atoms with Crippen LogP contribution in [-0.4, -0.2) is 27.2 Å². The summed E-state index contributed by atoms with van der Waals surface area (Å²) < 4.78 is 4.95. The lowest BCUT2D eigenvalue weighted by Gasteiger charge is -2.10. The van der Waals surface area contributed by atoms with E-state index in [1.165, 1.54) is 0 Å². The first-order valence-corrected chi connectivity index (χ1v) is 6.34. The van der Waals surface area contributed by atoms with E-state index < -0.39 is 17.2 Å². The number of esters is 2. The van der Waals surface area contributed by atoms with Crippen LogP contribution in [0.4, 0.5) is 0 Å². The number of carbonyl (C=O) groups excluding carboxylic acids is 3. The minimum atomic E-state index is -0.548. The number of Topliss-reactive ketones (excluding diaryl/α,β-unsaturated/α-hetero) is 1. The van der Waals surface area contributed by atoms with Crippen LogP contribution in [0, 0.1) is 5.92 Å². The van der Waals surface area contributed by atoms with Crippen molar-refractivity contribution >= 4 is 45.9 Å². The molecular formula is C10H10O4S2. The summed E-state index contributed by atoms with van der Waals surface area (Å²) in [6.45, 7) is 0. The highest BCUT2D eigenvalue weighted by molar-refractivity contribution is 8.24. The van der Waals surface area contributed by atoms with Crippen LogP contribution >= 0.6 is 24.0 Å². The SMILES string of the molecule is O=C1CC(SC(=S)C2CCCC2=O)C(=O)O1. The molecule has 16 heavy (non-hydrogen) atoms. The fourth-order valence-electron chi connectivity index (χ4n) is 1.83. The molecule has 2 aliphatic rings. The summed E-state index contributed by atoms with van der Waals surface area (Å²) in [5.74, 6) is -1.12. The average Bonchev–Trinajstić information content (AvgIpc) is 2.74. The van der Waals surface area contributed by atoms with Gasteiger partial charge in [0.05, 0.1) is 16.5 Å². The van der Waals surface area contributed by atoms with Crippen molar-refractivity contribution in [2.45, 2.75) is 30.9 Å². The van der Waals surface area contributed by atoms with E-state index in [1.807, 2.05) is 0 Å². The van der Waals surface area contributed by atoms with E-state index in [-0.39, 0.29) is 18.1 Å². The number of ether oxygens (including phenoxy) is 1. The van der Waals surface area contributed by atoms with Crippen LogP contribution in [0.5, 0.6) is 0 Å². The van der Waals surface area contributed by atoms with Gasteiger partial charge >= 0.3 is 11.9 Å². The van der Waals surface area contributed by atoms with Crippen LogP contribution in [-0.2, 0) is 19.1 Å². The summed E-state index contributed by atoms with van der Waals surface area (Å²) in [6, 6.07) is 0. The topological polar surface area (TPSA) is 60.4 Å². The highest BCUT2D eigenvalue weighted by Crippen LogP contribution is 2.32. The number of thioether (sulfide) groups is 1. The van der Waals surface area contributed by atoms with Gasteiger partial charge in [0, 0.05) is 6.42 Å². The third kappa shape index (κ3) is 2.32. The maximum absolute atomic E-state index is 11.5. The molecule has 2 rings (SSSR count). The van der Waals surface area contributed by atoms with Crippen molar-refractivity contribution in [3.05, 3.63) is 0 Å². The number of carbonyl (C=O) groups is 3. The monoisotopic (exact) mass is 258 g/mol. The summed E-state index contributed by atoms with van der Waals surface area (Å²) in [5, 5.41) is -0.548. The van der Waals surface area contributed by atoms with Gasteiger partial charge in [0.25, 0.3) is 0 Å². The van der Waals surface area contributed by atoms with Gasteiger partial charge in [0.15, 0.2) is 0 Å². The predicted octanol–water partition coefficient (Wildman–Crippen LogP) is 1.26. The molecule has 1 saturated heterocycles. The first-order valence-electron chi connectivity index (χ1n) is 5.05. The Labute approximate surface area is 102 Å². The first kappa shape index (κ1) is 11.7. The summed E-state index contributed by atoms with van der Waals surface area (Å²) >= 11 is 6.28. The van der Waals surface area contributed by atoms with Crippen molar-refractivity contribution in [1.29, 1.82) is 0 Å². The third-order valence-electron chi connectivity index (χ3n) is 2.68. The van der Waals surface area contributed by atoms with Crippen molar-refractivity contribution in [3.63, 3.8) is 0 Å². The molecule has 2 unspecified atom stereocenters. The molecule has 2 atom stereocenters. The van der Waals surface area contributed by atoms with Gasteiger partial charge in [-0.15, -0.1) is 11.8 Å². The Morgan fingerprint density at radius 2 is 2.12 bits per heavy atom. The Kier molecular flexibility index (Phi) is 3.39. The number of ketones is 1. The van der Waals surface area contributed by atoms with Crippen molar-refractivity contribution in [2.24, 2.45) is 5.92 Å². The molecule has 0 radical (unpaired) electrons. The van der Waals surface area contributed by atoms with Crippen molar-refractivity contribution in [2.75, 3.05) is 0 Å². The minimum Gasteiger partial charge on any atom is -0.392 e. The van der Waals surface area contributed by atoms with Gasteiger partial charge in [-0.3, -0.25) is 14.4 Å². The second kappa shape index (κ2) is 4.63. The predicted molar refractivity (Wildman–Crippen MR) is 62.0 cm³/mol. The molecule has 0 aromatic carbocycles. The van der Waals surface area contributed by atoms with Gasteiger partial charge in [-0.05, 0) is 12.8 Å². The van der Waals surface area contributed by atoms with Crippen LogP contribution in [0.15, 0.2) is 0 Å². The normalized spacial score (nSPS) is 29.6. The molecule has 0 spiro atoms. The van der Waals surface area contributed by atoms with E-state index in [0.29, 0.717) is 10.6 Å². The number of thiocarbonyl (C=S) groups is 1. The van der Waals surface area contributed by atoms with Gasteiger partial charge in [-0.25, -0.2) is 0 Å². The van der Waals surface area contributed by atoms with Crippen LogP contribution in [0.1, 0.15) is 25.7 Å². The van der Waals surface area contributed by atoms with Crippen molar-refractivity contribution in [3.8, 4) is 0 Å². The molecule has 0 aromatic rings. The average molecular weight is 258 g/mol. The van der Waals surface area contributed by atoms with Gasteiger partial charge in [0.1, 0.15) is 11.0 Å². The number of hydrogen-bond donors (Lipinski definition) is 0. The zero-order valence-corrected chi connectivity index (χ0v) is 10.1. The molecular weight excluding hydrogens is 248 g/mol. The Bertz CT molecular complexity index is 377. The van der Waals surface area contributed by atoms with Gasteiger partial charge < -0.3 is 4.74 Å². The number of hydrogen-bond acceptors (Lipinski definition) is 6. The molecule has 86 valence electrons. The van der Waals surface area contributed by atoms with Gasteiger partial charge in [-0.2, -0.15) is 0 Å². The van der Waals surface area contributed by atoms with E-state index >= 15 is 0 Å². The lowest BCUT2D eigenvalue weighted by atomic mass is 10.1.